The van der Waals surface area contributed by atoms with Crippen molar-refractivity contribution in [3.63, 3.8) is 0 Å². The average Bonchev–Trinajstić information content (AvgIpc) is 3.34. The van der Waals surface area contributed by atoms with Gasteiger partial charge in [0, 0.05) is 51.8 Å². The molecule has 0 saturated heterocycles. The summed E-state index contributed by atoms with van der Waals surface area (Å²) in [6.07, 6.45) is 2.66. The summed E-state index contributed by atoms with van der Waals surface area (Å²) in [5.41, 5.74) is 4.69. The fourth-order valence-corrected chi connectivity index (χ4v) is 3.65. The van der Waals surface area contributed by atoms with Crippen molar-refractivity contribution in [2.45, 2.75) is 32.7 Å². The van der Waals surface area contributed by atoms with Gasteiger partial charge in [0.05, 0.1) is 17.9 Å². The molecule has 8 heteroatoms. The lowest BCUT2D eigenvalue weighted by atomic mass is 10.2. The van der Waals surface area contributed by atoms with E-state index in [0.29, 0.717) is 17.2 Å². The third-order valence-corrected chi connectivity index (χ3v) is 5.43. The van der Waals surface area contributed by atoms with E-state index in [9.17, 15) is 10.4 Å². The highest BCUT2D eigenvalue weighted by molar-refractivity contribution is 5.34. The molecular weight excluding hydrogens is 342 g/mol. The van der Waals surface area contributed by atoms with Gasteiger partial charge in [-0.05, 0) is 24.6 Å². The Bertz CT molecular complexity index is 1020. The van der Waals surface area contributed by atoms with Crippen molar-refractivity contribution >= 4 is 0 Å². The first-order valence-electron chi connectivity index (χ1n) is 8.97. The van der Waals surface area contributed by atoms with E-state index in [0.717, 1.165) is 37.6 Å². The molecular formula is C19H23N7O. The molecule has 0 fully saturated rings. The maximum Gasteiger partial charge on any atom is 0.155 e. The molecule has 1 aliphatic heterocycles. The highest BCUT2D eigenvalue weighted by Crippen LogP contribution is 2.24. The molecule has 4 rings (SSSR count). The van der Waals surface area contributed by atoms with Gasteiger partial charge in [0.15, 0.2) is 6.10 Å². The van der Waals surface area contributed by atoms with Gasteiger partial charge < -0.3 is 14.2 Å². The topological polar surface area (TPSA) is 87.8 Å². The van der Waals surface area contributed by atoms with Gasteiger partial charge in [-0.1, -0.05) is 0 Å². The first-order valence-corrected chi connectivity index (χ1v) is 8.97. The number of hydrogen-bond acceptors (Lipinski definition) is 5. The van der Waals surface area contributed by atoms with Crippen molar-refractivity contribution in [1.82, 2.24) is 28.8 Å². The highest BCUT2D eigenvalue weighted by Gasteiger charge is 2.24. The summed E-state index contributed by atoms with van der Waals surface area (Å²) in [6.45, 7) is 5.26. The van der Waals surface area contributed by atoms with Crippen LogP contribution in [-0.2, 0) is 33.7 Å². The molecule has 8 nitrogen and oxygen atoms in total. The standard InChI is InChI=1S/C19H23N7O/c1-13-14(8-15(10-20)24(13)3)11-25-6-7-26-16(12-25)9-17(22-26)18(27)19-21-4-5-23(19)2/h4-5,8-9,18,27H,6-7,11-12H2,1-3H3/t18-/m1/s1. The van der Waals surface area contributed by atoms with Gasteiger partial charge in [-0.25, -0.2) is 4.98 Å². The fraction of sp³-hybridized carbons (Fsp3) is 0.421. The smallest absolute Gasteiger partial charge is 0.155 e. The first kappa shape index (κ1) is 17.5. The zero-order valence-electron chi connectivity index (χ0n) is 15.8. The molecule has 4 heterocycles. The summed E-state index contributed by atoms with van der Waals surface area (Å²) in [5, 5.41) is 24.4. The number of nitriles is 1. The van der Waals surface area contributed by atoms with E-state index < -0.39 is 6.10 Å². The normalized spacial score (nSPS) is 15.5. The van der Waals surface area contributed by atoms with Crippen molar-refractivity contribution in [3.8, 4) is 6.07 Å². The second-order valence-electron chi connectivity index (χ2n) is 7.10. The number of nitrogens with zero attached hydrogens (tertiary/aromatic N) is 7. The van der Waals surface area contributed by atoms with Crippen LogP contribution in [0.15, 0.2) is 24.5 Å². The fourth-order valence-electron chi connectivity index (χ4n) is 3.65. The quantitative estimate of drug-likeness (QED) is 0.751. The van der Waals surface area contributed by atoms with Gasteiger partial charge >= 0.3 is 0 Å². The van der Waals surface area contributed by atoms with E-state index in [1.165, 1.54) is 5.56 Å². The van der Waals surface area contributed by atoms with Gasteiger partial charge in [-0.15, -0.1) is 0 Å². The van der Waals surface area contributed by atoms with E-state index in [4.69, 9.17) is 0 Å². The van der Waals surface area contributed by atoms with Gasteiger partial charge in [0.1, 0.15) is 17.6 Å². The molecule has 1 aliphatic rings. The molecule has 0 saturated carbocycles. The van der Waals surface area contributed by atoms with Crippen LogP contribution < -0.4 is 0 Å². The third-order valence-electron chi connectivity index (χ3n) is 5.43. The third kappa shape index (κ3) is 3.05. The number of aryl methyl sites for hydroxylation is 1. The molecule has 0 radical (unpaired) electrons. The highest BCUT2D eigenvalue weighted by atomic mass is 16.3. The molecule has 0 amide bonds. The number of imidazole rings is 1. The lowest BCUT2D eigenvalue weighted by Crippen LogP contribution is -2.33. The Labute approximate surface area is 157 Å². The Kier molecular flexibility index (Phi) is 4.34. The Morgan fingerprint density at radius 2 is 2.11 bits per heavy atom. The molecule has 0 unspecified atom stereocenters. The molecule has 1 atom stereocenters. The number of aliphatic hydroxyl groups excluding tert-OH is 1. The Hall–Kier alpha value is -2.89. The molecule has 140 valence electrons. The predicted octanol–water partition coefficient (Wildman–Crippen LogP) is 1.23. The van der Waals surface area contributed by atoms with Gasteiger partial charge in [0.25, 0.3) is 0 Å². The molecule has 1 N–H and O–H groups in total. The van der Waals surface area contributed by atoms with Crippen LogP contribution in [0.5, 0.6) is 0 Å². The van der Waals surface area contributed by atoms with E-state index in [1.807, 2.05) is 48.6 Å². The molecule has 3 aromatic heterocycles. The number of aliphatic hydroxyl groups is 1. The largest absolute Gasteiger partial charge is 0.379 e. The van der Waals surface area contributed by atoms with E-state index in [2.05, 4.69) is 21.1 Å². The maximum absolute atomic E-state index is 10.6. The number of hydrogen-bond donors (Lipinski definition) is 1. The first-order chi connectivity index (χ1) is 13.0. The second kappa shape index (κ2) is 6.68. The van der Waals surface area contributed by atoms with Crippen LogP contribution in [0.3, 0.4) is 0 Å². The number of fused-ring (bicyclic) bond motifs is 1. The van der Waals surface area contributed by atoms with Crippen LogP contribution in [-0.4, -0.2) is 40.4 Å². The van der Waals surface area contributed by atoms with Crippen molar-refractivity contribution in [2.24, 2.45) is 14.1 Å². The predicted molar refractivity (Wildman–Crippen MR) is 98.5 cm³/mol. The zero-order chi connectivity index (χ0) is 19.1. The van der Waals surface area contributed by atoms with Crippen LogP contribution in [0, 0.1) is 18.3 Å². The number of rotatable bonds is 4. The Morgan fingerprint density at radius 1 is 1.30 bits per heavy atom. The van der Waals surface area contributed by atoms with E-state index in [-0.39, 0.29) is 0 Å². The van der Waals surface area contributed by atoms with Crippen LogP contribution >= 0.6 is 0 Å². The average molecular weight is 365 g/mol. The molecule has 3 aromatic rings. The van der Waals surface area contributed by atoms with Crippen LogP contribution in [0.4, 0.5) is 0 Å². The van der Waals surface area contributed by atoms with Crippen LogP contribution in [0.2, 0.25) is 0 Å². The zero-order valence-corrected chi connectivity index (χ0v) is 15.8. The van der Waals surface area contributed by atoms with E-state index in [1.54, 1.807) is 10.8 Å². The van der Waals surface area contributed by atoms with Crippen molar-refractivity contribution in [3.05, 3.63) is 58.7 Å². The SMILES string of the molecule is Cc1c(CN2CCn3nc([C@@H](O)c4nccn4C)cc3C2)cc(C#N)n1C. The summed E-state index contributed by atoms with van der Waals surface area (Å²) in [4.78, 5) is 6.57. The summed E-state index contributed by atoms with van der Waals surface area (Å²) < 4.78 is 5.71. The van der Waals surface area contributed by atoms with Gasteiger partial charge in [-0.2, -0.15) is 10.4 Å². The minimum absolute atomic E-state index is 0.589. The minimum atomic E-state index is -0.828. The maximum atomic E-state index is 10.6. The molecule has 0 spiro atoms. The van der Waals surface area contributed by atoms with Crippen LogP contribution in [0.25, 0.3) is 0 Å². The van der Waals surface area contributed by atoms with Gasteiger partial charge in [0.2, 0.25) is 0 Å². The van der Waals surface area contributed by atoms with E-state index >= 15 is 0 Å². The van der Waals surface area contributed by atoms with Crippen LogP contribution in [0.1, 0.15) is 40.3 Å². The molecule has 0 bridgehead atoms. The summed E-state index contributed by atoms with van der Waals surface area (Å²) >= 11 is 0. The Balaban J connectivity index is 1.52. The van der Waals surface area contributed by atoms with Crippen molar-refractivity contribution < 1.29 is 5.11 Å². The Morgan fingerprint density at radius 3 is 2.78 bits per heavy atom. The van der Waals surface area contributed by atoms with Gasteiger partial charge in [-0.3, -0.25) is 9.58 Å². The lowest BCUT2D eigenvalue weighted by Gasteiger charge is -2.27. The summed E-state index contributed by atoms with van der Waals surface area (Å²) in [7, 11) is 3.79. The molecule has 0 aliphatic carbocycles. The molecule has 27 heavy (non-hydrogen) atoms. The number of aromatic nitrogens is 5. The van der Waals surface area contributed by atoms with Crippen molar-refractivity contribution in [2.75, 3.05) is 6.54 Å². The minimum Gasteiger partial charge on any atom is -0.379 e. The monoisotopic (exact) mass is 365 g/mol. The summed E-state index contributed by atoms with van der Waals surface area (Å²) in [5.74, 6) is 0.589. The molecule has 0 aromatic carbocycles. The summed E-state index contributed by atoms with van der Waals surface area (Å²) in [6, 6.07) is 6.17. The van der Waals surface area contributed by atoms with Crippen molar-refractivity contribution in [1.29, 1.82) is 5.26 Å². The lowest BCUT2D eigenvalue weighted by molar-refractivity contribution is 0.194. The second-order valence-corrected chi connectivity index (χ2v) is 7.10.